The minimum Gasteiger partial charge on any atom is -0.460 e. The normalized spacial score (nSPS) is 11.1. The zero-order chi connectivity index (χ0) is 15.7. The van der Waals surface area contributed by atoms with Gasteiger partial charge in [0.2, 0.25) is 0 Å². The van der Waals surface area contributed by atoms with Gasteiger partial charge in [-0.25, -0.2) is 4.39 Å². The second-order valence-corrected chi connectivity index (χ2v) is 5.82. The van der Waals surface area contributed by atoms with Crippen LogP contribution >= 0.6 is 0 Å². The van der Waals surface area contributed by atoms with Gasteiger partial charge in [-0.05, 0) is 30.2 Å². The van der Waals surface area contributed by atoms with Gasteiger partial charge in [-0.3, -0.25) is 0 Å². The molecule has 3 aromatic rings. The van der Waals surface area contributed by atoms with Gasteiger partial charge in [-0.15, -0.1) is 0 Å². The fraction of sp³-hybridized carbons (Fsp3) is 0.200. The van der Waals surface area contributed by atoms with Crippen LogP contribution in [-0.4, -0.2) is 0 Å². The number of benzene rings is 2. The Bertz CT molecular complexity index is 767. The fourth-order valence-corrected chi connectivity index (χ4v) is 2.84. The first-order valence-corrected chi connectivity index (χ1v) is 7.52. The summed E-state index contributed by atoms with van der Waals surface area (Å²) in [6.07, 6.45) is 0. The first-order chi connectivity index (χ1) is 10.6. The fourth-order valence-electron chi connectivity index (χ4n) is 2.84. The molecule has 0 aliphatic carbocycles. The molecule has 1 nitrogen and oxygen atoms in total. The highest BCUT2D eigenvalue weighted by Crippen LogP contribution is 2.41. The van der Waals surface area contributed by atoms with Gasteiger partial charge in [-0.1, -0.05) is 56.3 Å². The van der Waals surface area contributed by atoms with Crippen LogP contribution in [-0.2, 0) is 0 Å². The number of halogens is 1. The standard InChI is InChI=1S/C20H19FO/c1-13(2)19-14(3)18(15-9-11-17(21)12-10-15)20(22-19)16-7-5-4-6-8-16/h4-13H,1-3H3. The lowest BCUT2D eigenvalue weighted by atomic mass is 9.96. The summed E-state index contributed by atoms with van der Waals surface area (Å²) in [4.78, 5) is 0. The highest BCUT2D eigenvalue weighted by Gasteiger charge is 2.21. The summed E-state index contributed by atoms with van der Waals surface area (Å²) < 4.78 is 19.4. The number of hydrogen-bond donors (Lipinski definition) is 0. The Hall–Kier alpha value is -2.35. The van der Waals surface area contributed by atoms with Gasteiger partial charge in [0.05, 0.1) is 0 Å². The molecule has 0 aliphatic heterocycles. The van der Waals surface area contributed by atoms with Crippen molar-refractivity contribution in [3.8, 4) is 22.5 Å². The SMILES string of the molecule is Cc1c(C(C)C)oc(-c2ccccc2)c1-c1ccc(F)cc1. The summed E-state index contributed by atoms with van der Waals surface area (Å²) in [6.45, 7) is 6.31. The molecule has 1 heterocycles. The van der Waals surface area contributed by atoms with Gasteiger partial charge < -0.3 is 4.42 Å². The molecule has 2 heteroatoms. The Kier molecular flexibility index (Phi) is 3.84. The molecular weight excluding hydrogens is 275 g/mol. The molecule has 0 unspecified atom stereocenters. The van der Waals surface area contributed by atoms with E-state index in [4.69, 9.17) is 4.42 Å². The van der Waals surface area contributed by atoms with Crippen LogP contribution in [0.2, 0.25) is 0 Å². The second-order valence-electron chi connectivity index (χ2n) is 5.82. The van der Waals surface area contributed by atoms with Crippen molar-refractivity contribution in [2.75, 3.05) is 0 Å². The summed E-state index contributed by atoms with van der Waals surface area (Å²) in [6, 6.07) is 16.7. The lowest BCUT2D eigenvalue weighted by Gasteiger charge is -2.05. The zero-order valence-electron chi connectivity index (χ0n) is 13.1. The van der Waals surface area contributed by atoms with Crippen LogP contribution in [0.5, 0.6) is 0 Å². The number of furan rings is 1. The molecule has 0 saturated heterocycles. The molecule has 2 aromatic carbocycles. The van der Waals surface area contributed by atoms with E-state index in [1.54, 1.807) is 0 Å². The van der Waals surface area contributed by atoms with Gasteiger partial charge in [0, 0.05) is 17.0 Å². The predicted octanol–water partition coefficient (Wildman–Crippen LogP) is 6.18. The summed E-state index contributed by atoms with van der Waals surface area (Å²) >= 11 is 0. The van der Waals surface area contributed by atoms with E-state index < -0.39 is 0 Å². The van der Waals surface area contributed by atoms with Crippen molar-refractivity contribution < 1.29 is 8.81 Å². The van der Waals surface area contributed by atoms with Crippen molar-refractivity contribution >= 4 is 0 Å². The molecule has 0 radical (unpaired) electrons. The van der Waals surface area contributed by atoms with E-state index in [1.807, 2.05) is 42.5 Å². The van der Waals surface area contributed by atoms with Crippen LogP contribution in [0, 0.1) is 12.7 Å². The van der Waals surface area contributed by atoms with E-state index in [0.29, 0.717) is 5.92 Å². The molecule has 0 N–H and O–H groups in total. The van der Waals surface area contributed by atoms with Crippen molar-refractivity contribution in [2.45, 2.75) is 26.7 Å². The summed E-state index contributed by atoms with van der Waals surface area (Å²) in [5, 5.41) is 0. The maximum absolute atomic E-state index is 13.2. The molecule has 0 amide bonds. The topological polar surface area (TPSA) is 13.1 Å². The first-order valence-electron chi connectivity index (χ1n) is 7.52. The molecule has 0 atom stereocenters. The maximum Gasteiger partial charge on any atom is 0.142 e. The summed E-state index contributed by atoms with van der Waals surface area (Å²) in [5.74, 6) is 1.92. The summed E-state index contributed by atoms with van der Waals surface area (Å²) in [5.41, 5.74) is 4.19. The Morgan fingerprint density at radius 2 is 1.50 bits per heavy atom. The van der Waals surface area contributed by atoms with Gasteiger partial charge in [0.15, 0.2) is 0 Å². The Morgan fingerprint density at radius 3 is 2.09 bits per heavy atom. The molecule has 22 heavy (non-hydrogen) atoms. The third-order valence-corrected chi connectivity index (χ3v) is 3.88. The maximum atomic E-state index is 13.2. The van der Waals surface area contributed by atoms with Crippen molar-refractivity contribution in [1.82, 2.24) is 0 Å². The van der Waals surface area contributed by atoms with Crippen LogP contribution in [0.15, 0.2) is 59.0 Å². The molecule has 112 valence electrons. The van der Waals surface area contributed by atoms with Crippen molar-refractivity contribution in [3.05, 3.63) is 71.7 Å². The third-order valence-electron chi connectivity index (χ3n) is 3.88. The first kappa shape index (κ1) is 14.6. The second kappa shape index (κ2) is 5.80. The third kappa shape index (κ3) is 2.57. The van der Waals surface area contributed by atoms with Crippen LogP contribution in [0.1, 0.15) is 31.1 Å². The van der Waals surface area contributed by atoms with Gasteiger partial charge in [-0.2, -0.15) is 0 Å². The lowest BCUT2D eigenvalue weighted by molar-refractivity contribution is 0.495. The van der Waals surface area contributed by atoms with E-state index in [2.05, 4.69) is 20.8 Å². The van der Waals surface area contributed by atoms with Crippen LogP contribution < -0.4 is 0 Å². The quantitative estimate of drug-likeness (QED) is 0.561. The predicted molar refractivity (Wildman–Crippen MR) is 88.4 cm³/mol. The Morgan fingerprint density at radius 1 is 0.864 bits per heavy atom. The lowest BCUT2D eigenvalue weighted by Crippen LogP contribution is -1.88. The summed E-state index contributed by atoms with van der Waals surface area (Å²) in [7, 11) is 0. The van der Waals surface area contributed by atoms with Crippen molar-refractivity contribution in [1.29, 1.82) is 0 Å². The average Bonchev–Trinajstić information content (AvgIpc) is 2.87. The average molecular weight is 294 g/mol. The number of rotatable bonds is 3. The molecule has 0 spiro atoms. The molecule has 0 fully saturated rings. The largest absolute Gasteiger partial charge is 0.460 e. The highest BCUT2D eigenvalue weighted by molar-refractivity contribution is 5.83. The Labute approximate surface area is 130 Å². The molecule has 3 rings (SSSR count). The van der Waals surface area contributed by atoms with Crippen LogP contribution in [0.3, 0.4) is 0 Å². The van der Waals surface area contributed by atoms with E-state index in [-0.39, 0.29) is 5.82 Å². The molecule has 0 aliphatic rings. The van der Waals surface area contributed by atoms with E-state index >= 15 is 0 Å². The molecule has 0 bridgehead atoms. The van der Waals surface area contributed by atoms with Crippen molar-refractivity contribution in [3.63, 3.8) is 0 Å². The Balaban J connectivity index is 2.25. The minimum absolute atomic E-state index is 0.227. The smallest absolute Gasteiger partial charge is 0.142 e. The van der Waals surface area contributed by atoms with E-state index in [1.165, 1.54) is 12.1 Å². The van der Waals surface area contributed by atoms with E-state index in [0.717, 1.165) is 33.8 Å². The van der Waals surface area contributed by atoms with Crippen molar-refractivity contribution in [2.24, 2.45) is 0 Å². The highest BCUT2D eigenvalue weighted by atomic mass is 19.1. The van der Waals surface area contributed by atoms with E-state index in [9.17, 15) is 4.39 Å². The monoisotopic (exact) mass is 294 g/mol. The molecule has 0 saturated carbocycles. The van der Waals surface area contributed by atoms with Gasteiger partial charge >= 0.3 is 0 Å². The minimum atomic E-state index is -0.227. The molecular formula is C20H19FO. The zero-order valence-corrected chi connectivity index (χ0v) is 13.1. The number of hydrogen-bond acceptors (Lipinski definition) is 1. The molecule has 1 aromatic heterocycles. The van der Waals surface area contributed by atoms with Gasteiger partial charge in [0.1, 0.15) is 17.3 Å². The van der Waals surface area contributed by atoms with Gasteiger partial charge in [0.25, 0.3) is 0 Å². The van der Waals surface area contributed by atoms with Crippen LogP contribution in [0.25, 0.3) is 22.5 Å². The van der Waals surface area contributed by atoms with Crippen LogP contribution in [0.4, 0.5) is 4.39 Å².